The minimum Gasteiger partial charge on any atom is -0.508 e. The summed E-state index contributed by atoms with van der Waals surface area (Å²) in [6.07, 6.45) is 3.33. The first kappa shape index (κ1) is 15.3. The lowest BCUT2D eigenvalue weighted by molar-refractivity contribution is 0.100. The van der Waals surface area contributed by atoms with E-state index in [4.69, 9.17) is 10.7 Å². The lowest BCUT2D eigenvalue weighted by Crippen LogP contribution is -2.14. The van der Waals surface area contributed by atoms with Gasteiger partial charge in [-0.15, -0.1) is 0 Å². The van der Waals surface area contributed by atoms with Crippen LogP contribution in [-0.4, -0.2) is 26.3 Å². The van der Waals surface area contributed by atoms with Crippen molar-refractivity contribution in [3.05, 3.63) is 83.7 Å². The number of carbonyl (C=O) groups excluding carboxylic acids is 1. The lowest BCUT2D eigenvalue weighted by Gasteiger charge is -2.10. The van der Waals surface area contributed by atoms with Gasteiger partial charge in [0.15, 0.2) is 0 Å². The molecule has 0 radical (unpaired) electrons. The summed E-state index contributed by atoms with van der Waals surface area (Å²) in [6, 6.07) is 16.5. The van der Waals surface area contributed by atoms with Crippen molar-refractivity contribution in [2.75, 3.05) is 0 Å². The van der Waals surface area contributed by atoms with Gasteiger partial charge in [0.25, 0.3) is 5.91 Å². The highest BCUT2D eigenvalue weighted by molar-refractivity contribution is 6.22. The van der Waals surface area contributed by atoms with E-state index in [1.807, 2.05) is 48.7 Å². The largest absolute Gasteiger partial charge is 0.508 e. The summed E-state index contributed by atoms with van der Waals surface area (Å²) in [6.45, 7) is 0. The standard InChI is InChI=1S/C21H14N4O2/c22-21(27)16-11-23-25-10-9-15-19(12-5-7-13(26)8-6-12)24-17-4-2-1-3-14(17)18(16)20(15)25/h1-11,26H,(H2,22,27). The Kier molecular flexibility index (Phi) is 3.14. The first-order valence-corrected chi connectivity index (χ1v) is 8.41. The normalized spacial score (nSPS) is 12.4. The van der Waals surface area contributed by atoms with Crippen LogP contribution in [0.2, 0.25) is 0 Å². The topological polar surface area (TPSA) is 93.0 Å². The van der Waals surface area contributed by atoms with Crippen molar-refractivity contribution >= 4 is 22.8 Å². The Morgan fingerprint density at radius 3 is 2.56 bits per heavy atom. The predicted octanol–water partition coefficient (Wildman–Crippen LogP) is 3.29. The van der Waals surface area contributed by atoms with Crippen LogP contribution in [0.5, 0.6) is 5.75 Å². The Hall–Kier alpha value is -3.93. The fraction of sp³-hybridized carbons (Fsp3) is 0. The Balaban J connectivity index is 1.94. The SMILES string of the molecule is NC(=O)c1cnn2ccc3c2c1-c1ccccc1N=C3c1ccc(O)cc1. The minimum absolute atomic E-state index is 0.188. The maximum absolute atomic E-state index is 12.1. The number of hydrogen-bond acceptors (Lipinski definition) is 4. The number of nitrogens with two attached hydrogens (primary N) is 1. The zero-order chi connectivity index (χ0) is 18.5. The fourth-order valence-corrected chi connectivity index (χ4v) is 3.53. The van der Waals surface area contributed by atoms with E-state index < -0.39 is 5.91 Å². The molecule has 0 aliphatic carbocycles. The monoisotopic (exact) mass is 354 g/mol. The van der Waals surface area contributed by atoms with Crippen LogP contribution in [0.1, 0.15) is 21.5 Å². The highest BCUT2D eigenvalue weighted by Gasteiger charge is 2.25. The van der Waals surface area contributed by atoms with E-state index in [-0.39, 0.29) is 5.75 Å². The summed E-state index contributed by atoms with van der Waals surface area (Å²) >= 11 is 0. The molecule has 0 saturated carbocycles. The second-order valence-electron chi connectivity index (χ2n) is 6.34. The van der Waals surface area contributed by atoms with Gasteiger partial charge in [0.1, 0.15) is 5.75 Å². The average molecular weight is 354 g/mol. The van der Waals surface area contributed by atoms with Gasteiger partial charge in [0.2, 0.25) is 0 Å². The van der Waals surface area contributed by atoms with Gasteiger partial charge in [0.05, 0.1) is 28.7 Å². The molecule has 0 atom stereocenters. The molecule has 0 bridgehead atoms. The number of phenolic OH excluding ortho intramolecular Hbond substituents is 1. The van der Waals surface area contributed by atoms with Crippen LogP contribution in [0.4, 0.5) is 5.69 Å². The van der Waals surface area contributed by atoms with E-state index in [0.29, 0.717) is 5.56 Å². The van der Waals surface area contributed by atoms with Crippen molar-refractivity contribution in [1.29, 1.82) is 0 Å². The van der Waals surface area contributed by atoms with Gasteiger partial charge in [-0.2, -0.15) is 5.10 Å². The van der Waals surface area contributed by atoms with Crippen LogP contribution in [0.15, 0.2) is 72.0 Å². The van der Waals surface area contributed by atoms with Gasteiger partial charge in [-0.1, -0.05) is 18.2 Å². The van der Waals surface area contributed by atoms with E-state index in [2.05, 4.69) is 5.10 Å². The number of para-hydroxylation sites is 1. The molecule has 0 saturated heterocycles. The summed E-state index contributed by atoms with van der Waals surface area (Å²) < 4.78 is 1.73. The highest BCUT2D eigenvalue weighted by Crippen LogP contribution is 2.40. The van der Waals surface area contributed by atoms with E-state index in [1.54, 1.807) is 16.6 Å². The molecule has 0 fully saturated rings. The van der Waals surface area contributed by atoms with Crippen molar-refractivity contribution in [1.82, 2.24) is 9.61 Å². The predicted molar refractivity (Wildman–Crippen MR) is 103 cm³/mol. The Morgan fingerprint density at radius 1 is 1.00 bits per heavy atom. The van der Waals surface area contributed by atoms with E-state index in [9.17, 15) is 9.90 Å². The third-order valence-electron chi connectivity index (χ3n) is 4.75. The highest BCUT2D eigenvalue weighted by atomic mass is 16.3. The second kappa shape index (κ2) is 5.54. The number of aromatic hydroxyl groups is 1. The Labute approximate surface area is 154 Å². The Bertz CT molecular complexity index is 1250. The van der Waals surface area contributed by atoms with Crippen LogP contribution in [0, 0.1) is 0 Å². The number of nitrogens with zero attached hydrogens (tertiary/aromatic N) is 3. The number of aliphatic imine (C=N–C) groups is 1. The van der Waals surface area contributed by atoms with Gasteiger partial charge in [-0.3, -0.25) is 4.79 Å². The molecule has 2 aromatic heterocycles. The number of primary amides is 1. The van der Waals surface area contributed by atoms with Crippen molar-refractivity contribution in [2.24, 2.45) is 10.7 Å². The molecule has 2 aromatic carbocycles. The van der Waals surface area contributed by atoms with Crippen molar-refractivity contribution in [2.45, 2.75) is 0 Å². The molecular formula is C21H14N4O2. The number of phenols is 1. The molecule has 1 aliphatic rings. The summed E-state index contributed by atoms with van der Waals surface area (Å²) in [5, 5.41) is 14.0. The van der Waals surface area contributed by atoms with Gasteiger partial charge in [0, 0.05) is 28.5 Å². The number of rotatable bonds is 2. The van der Waals surface area contributed by atoms with Crippen LogP contribution >= 0.6 is 0 Å². The number of benzene rings is 2. The van der Waals surface area contributed by atoms with Crippen LogP contribution in [0.25, 0.3) is 16.6 Å². The molecule has 6 heteroatoms. The molecule has 6 nitrogen and oxygen atoms in total. The van der Waals surface area contributed by atoms with Crippen molar-refractivity contribution in [3.8, 4) is 16.9 Å². The molecule has 1 aliphatic heterocycles. The molecule has 5 rings (SSSR count). The molecule has 0 unspecified atom stereocenters. The van der Waals surface area contributed by atoms with Crippen LogP contribution in [0.3, 0.4) is 0 Å². The molecular weight excluding hydrogens is 340 g/mol. The number of fused-ring (bicyclic) bond motifs is 2. The molecule has 0 spiro atoms. The molecule has 4 aromatic rings. The average Bonchev–Trinajstić information content (AvgIpc) is 3.04. The lowest BCUT2D eigenvalue weighted by atomic mass is 9.96. The zero-order valence-electron chi connectivity index (χ0n) is 14.1. The molecule has 3 heterocycles. The summed E-state index contributed by atoms with van der Waals surface area (Å²) in [5.74, 6) is -0.344. The van der Waals surface area contributed by atoms with Crippen LogP contribution < -0.4 is 5.73 Å². The third kappa shape index (κ3) is 2.23. The first-order valence-electron chi connectivity index (χ1n) is 8.41. The molecule has 1 amide bonds. The molecule has 130 valence electrons. The van der Waals surface area contributed by atoms with E-state index in [1.165, 1.54) is 6.20 Å². The maximum Gasteiger partial charge on any atom is 0.251 e. The zero-order valence-corrected chi connectivity index (χ0v) is 14.1. The third-order valence-corrected chi connectivity index (χ3v) is 4.75. The van der Waals surface area contributed by atoms with E-state index in [0.717, 1.165) is 39.2 Å². The van der Waals surface area contributed by atoms with Gasteiger partial charge < -0.3 is 10.8 Å². The van der Waals surface area contributed by atoms with Crippen molar-refractivity contribution < 1.29 is 9.90 Å². The van der Waals surface area contributed by atoms with E-state index >= 15 is 0 Å². The number of carbonyl (C=O) groups is 1. The van der Waals surface area contributed by atoms with Gasteiger partial charge >= 0.3 is 0 Å². The van der Waals surface area contributed by atoms with Gasteiger partial charge in [-0.05, 0) is 36.4 Å². The minimum atomic E-state index is -0.532. The molecule has 27 heavy (non-hydrogen) atoms. The first-order chi connectivity index (χ1) is 13.1. The van der Waals surface area contributed by atoms with Crippen LogP contribution in [-0.2, 0) is 0 Å². The number of hydrogen-bond donors (Lipinski definition) is 2. The quantitative estimate of drug-likeness (QED) is 0.509. The van der Waals surface area contributed by atoms with Crippen molar-refractivity contribution in [3.63, 3.8) is 0 Å². The second-order valence-corrected chi connectivity index (χ2v) is 6.34. The summed E-state index contributed by atoms with van der Waals surface area (Å²) in [4.78, 5) is 17.0. The number of amides is 1. The number of aromatic nitrogens is 2. The smallest absolute Gasteiger partial charge is 0.251 e. The summed E-state index contributed by atoms with van der Waals surface area (Å²) in [7, 11) is 0. The molecule has 3 N–H and O–H groups in total. The maximum atomic E-state index is 12.1. The summed E-state index contributed by atoms with van der Waals surface area (Å²) in [5.41, 5.74) is 11.5. The van der Waals surface area contributed by atoms with Gasteiger partial charge in [-0.25, -0.2) is 9.51 Å². The fourth-order valence-electron chi connectivity index (χ4n) is 3.53. The Morgan fingerprint density at radius 2 is 1.78 bits per heavy atom.